The first-order valence-electron chi connectivity index (χ1n) is 6.41. The SMILES string of the molecule is O=C(O)/C=C(\Nc1ccc2sc3ccccc3c2c1)C(=O)O. The molecule has 2 aromatic carbocycles. The van der Waals surface area contributed by atoms with E-state index in [1.54, 1.807) is 17.4 Å². The van der Waals surface area contributed by atoms with Crippen molar-refractivity contribution in [3.8, 4) is 0 Å². The van der Waals surface area contributed by atoms with E-state index in [-0.39, 0.29) is 5.70 Å². The molecule has 0 amide bonds. The van der Waals surface area contributed by atoms with Crippen LogP contribution in [-0.2, 0) is 9.59 Å². The Labute approximate surface area is 129 Å². The lowest BCUT2D eigenvalue weighted by atomic mass is 10.1. The lowest BCUT2D eigenvalue weighted by Gasteiger charge is -2.06. The van der Waals surface area contributed by atoms with Crippen LogP contribution in [0.1, 0.15) is 0 Å². The Balaban J connectivity index is 2.06. The number of hydrogen-bond acceptors (Lipinski definition) is 4. The summed E-state index contributed by atoms with van der Waals surface area (Å²) in [7, 11) is 0. The van der Waals surface area contributed by atoms with Crippen molar-refractivity contribution in [2.75, 3.05) is 5.32 Å². The van der Waals surface area contributed by atoms with E-state index in [0.29, 0.717) is 11.8 Å². The highest BCUT2D eigenvalue weighted by molar-refractivity contribution is 7.25. The standard InChI is InChI=1S/C16H11NO4S/c18-15(19)8-12(16(20)21)17-9-5-6-14-11(7-9)10-3-1-2-4-13(10)22-14/h1-8,17H,(H,18,19)(H,20,21)/b12-8-. The zero-order valence-electron chi connectivity index (χ0n) is 11.2. The summed E-state index contributed by atoms with van der Waals surface area (Å²) in [5.74, 6) is -2.63. The minimum atomic E-state index is -1.32. The summed E-state index contributed by atoms with van der Waals surface area (Å²) in [5, 5.41) is 22.5. The number of carboxylic acids is 2. The molecule has 3 rings (SSSR count). The number of rotatable bonds is 4. The van der Waals surface area contributed by atoms with Gasteiger partial charge < -0.3 is 15.5 Å². The first kappa shape index (κ1) is 14.1. The third kappa shape index (κ3) is 2.64. The zero-order chi connectivity index (χ0) is 15.7. The molecule has 0 bridgehead atoms. The molecule has 22 heavy (non-hydrogen) atoms. The minimum Gasteiger partial charge on any atom is -0.478 e. The molecule has 0 aliphatic heterocycles. The van der Waals surface area contributed by atoms with Gasteiger partial charge in [-0.25, -0.2) is 9.59 Å². The van der Waals surface area contributed by atoms with Crippen LogP contribution in [-0.4, -0.2) is 22.2 Å². The van der Waals surface area contributed by atoms with Crippen molar-refractivity contribution in [3.63, 3.8) is 0 Å². The lowest BCUT2D eigenvalue weighted by molar-refractivity contribution is -0.134. The van der Waals surface area contributed by atoms with Gasteiger partial charge in [0.1, 0.15) is 5.70 Å². The van der Waals surface area contributed by atoms with E-state index < -0.39 is 11.9 Å². The van der Waals surface area contributed by atoms with Crippen molar-refractivity contribution in [1.29, 1.82) is 0 Å². The second-order valence-corrected chi connectivity index (χ2v) is 5.72. The van der Waals surface area contributed by atoms with Gasteiger partial charge in [0.25, 0.3) is 0 Å². The number of nitrogens with one attached hydrogen (secondary N) is 1. The molecule has 0 unspecified atom stereocenters. The van der Waals surface area contributed by atoms with Crippen molar-refractivity contribution >= 4 is 49.1 Å². The van der Waals surface area contributed by atoms with Crippen LogP contribution in [0.3, 0.4) is 0 Å². The summed E-state index contributed by atoms with van der Waals surface area (Å²) >= 11 is 1.65. The number of carboxylic acid groups (broad SMARTS) is 2. The zero-order valence-corrected chi connectivity index (χ0v) is 12.1. The highest BCUT2D eigenvalue weighted by Gasteiger charge is 2.11. The topological polar surface area (TPSA) is 86.6 Å². The molecule has 3 aromatic rings. The molecule has 0 spiro atoms. The van der Waals surface area contributed by atoms with E-state index >= 15 is 0 Å². The van der Waals surface area contributed by atoms with Crippen molar-refractivity contribution in [3.05, 3.63) is 54.2 Å². The van der Waals surface area contributed by atoms with Crippen LogP contribution in [0.5, 0.6) is 0 Å². The van der Waals surface area contributed by atoms with Crippen LogP contribution in [0.15, 0.2) is 54.2 Å². The van der Waals surface area contributed by atoms with Crippen LogP contribution in [0.25, 0.3) is 20.2 Å². The molecule has 110 valence electrons. The summed E-state index contributed by atoms with van der Waals surface area (Å²) in [5.41, 5.74) is 0.150. The Kier molecular flexibility index (Phi) is 3.52. The Bertz CT molecular complexity index is 926. The first-order chi connectivity index (χ1) is 10.5. The lowest BCUT2D eigenvalue weighted by Crippen LogP contribution is -2.12. The van der Waals surface area contributed by atoms with Gasteiger partial charge in [-0.1, -0.05) is 18.2 Å². The van der Waals surface area contributed by atoms with E-state index in [1.165, 1.54) is 0 Å². The van der Waals surface area contributed by atoms with Crippen molar-refractivity contribution in [2.24, 2.45) is 0 Å². The number of aliphatic carboxylic acids is 2. The van der Waals surface area contributed by atoms with Crippen molar-refractivity contribution in [2.45, 2.75) is 0 Å². The monoisotopic (exact) mass is 313 g/mol. The minimum absolute atomic E-state index is 0.383. The maximum Gasteiger partial charge on any atom is 0.352 e. The van der Waals surface area contributed by atoms with Crippen LogP contribution in [0.2, 0.25) is 0 Å². The first-order valence-corrected chi connectivity index (χ1v) is 7.22. The second-order valence-electron chi connectivity index (χ2n) is 4.64. The smallest absolute Gasteiger partial charge is 0.352 e. The largest absolute Gasteiger partial charge is 0.478 e. The molecule has 0 fully saturated rings. The van der Waals surface area contributed by atoms with Crippen LogP contribution >= 0.6 is 11.3 Å². The highest BCUT2D eigenvalue weighted by atomic mass is 32.1. The van der Waals surface area contributed by atoms with Gasteiger partial charge >= 0.3 is 11.9 Å². The molecule has 0 saturated carbocycles. The molecular formula is C16H11NO4S. The number of fused-ring (bicyclic) bond motifs is 3. The predicted molar refractivity (Wildman–Crippen MR) is 86.3 cm³/mol. The number of thiophene rings is 1. The molecule has 1 heterocycles. The second kappa shape index (κ2) is 5.50. The van der Waals surface area contributed by atoms with Crippen molar-refractivity contribution < 1.29 is 19.8 Å². The fourth-order valence-electron chi connectivity index (χ4n) is 2.23. The van der Waals surface area contributed by atoms with Gasteiger partial charge in [0.05, 0.1) is 6.08 Å². The highest BCUT2D eigenvalue weighted by Crippen LogP contribution is 2.35. The molecule has 0 saturated heterocycles. The summed E-state index contributed by atoms with van der Waals surface area (Å²) < 4.78 is 2.24. The van der Waals surface area contributed by atoms with Gasteiger partial charge in [0.2, 0.25) is 0 Å². The molecule has 0 aliphatic carbocycles. The quantitative estimate of drug-likeness (QED) is 0.642. The molecule has 0 atom stereocenters. The van der Waals surface area contributed by atoms with Gasteiger partial charge in [-0.2, -0.15) is 0 Å². The molecule has 0 radical (unpaired) electrons. The summed E-state index contributed by atoms with van der Waals surface area (Å²) in [6.45, 7) is 0. The summed E-state index contributed by atoms with van der Waals surface area (Å²) in [6, 6.07) is 13.4. The van der Waals surface area contributed by atoms with E-state index in [2.05, 4.69) is 5.32 Å². The van der Waals surface area contributed by atoms with Gasteiger partial charge in [-0.05, 0) is 24.3 Å². The van der Waals surface area contributed by atoms with E-state index in [0.717, 1.165) is 20.2 Å². The molecule has 3 N–H and O–H groups in total. The van der Waals surface area contributed by atoms with Crippen LogP contribution in [0, 0.1) is 0 Å². The van der Waals surface area contributed by atoms with Crippen LogP contribution < -0.4 is 5.32 Å². The number of carbonyl (C=O) groups is 2. The van der Waals surface area contributed by atoms with E-state index in [1.807, 2.05) is 36.4 Å². The predicted octanol–water partition coefficient (Wildman–Crippen LogP) is 3.52. The Morgan fingerprint density at radius 2 is 1.73 bits per heavy atom. The van der Waals surface area contributed by atoms with Crippen molar-refractivity contribution in [1.82, 2.24) is 0 Å². The average Bonchev–Trinajstić information content (AvgIpc) is 2.84. The number of hydrogen-bond donors (Lipinski definition) is 3. The Morgan fingerprint density at radius 3 is 2.45 bits per heavy atom. The Hall–Kier alpha value is -2.86. The average molecular weight is 313 g/mol. The Morgan fingerprint density at radius 1 is 1.00 bits per heavy atom. The third-order valence-corrected chi connectivity index (χ3v) is 4.31. The molecule has 0 aliphatic rings. The maximum atomic E-state index is 11.1. The number of benzene rings is 2. The van der Waals surface area contributed by atoms with E-state index in [9.17, 15) is 9.59 Å². The third-order valence-electron chi connectivity index (χ3n) is 3.15. The summed E-state index contributed by atoms with van der Waals surface area (Å²) in [6.07, 6.45) is 0.637. The van der Waals surface area contributed by atoms with Gasteiger partial charge in [-0.3, -0.25) is 0 Å². The molecule has 1 aromatic heterocycles. The van der Waals surface area contributed by atoms with E-state index in [4.69, 9.17) is 10.2 Å². The molecule has 5 nitrogen and oxygen atoms in total. The van der Waals surface area contributed by atoms with Crippen LogP contribution in [0.4, 0.5) is 5.69 Å². The normalized spacial score (nSPS) is 11.7. The maximum absolute atomic E-state index is 11.1. The molecular weight excluding hydrogens is 302 g/mol. The van der Waals surface area contributed by atoms with Gasteiger partial charge in [0, 0.05) is 25.9 Å². The molecule has 6 heteroatoms. The van der Waals surface area contributed by atoms with Gasteiger partial charge in [0.15, 0.2) is 0 Å². The fourth-order valence-corrected chi connectivity index (χ4v) is 3.32. The fraction of sp³-hybridized carbons (Fsp3) is 0. The summed E-state index contributed by atoms with van der Waals surface area (Å²) in [4.78, 5) is 21.7. The number of anilines is 1. The van der Waals surface area contributed by atoms with Gasteiger partial charge in [-0.15, -0.1) is 11.3 Å².